The van der Waals surface area contributed by atoms with Gasteiger partial charge in [0.1, 0.15) is 11.3 Å². The molecule has 3 aromatic rings. The highest BCUT2D eigenvalue weighted by Crippen LogP contribution is 2.32. The molecular formula is C33H40F2N4O5S. The molecule has 2 N–H and O–H groups in total. The van der Waals surface area contributed by atoms with E-state index in [2.05, 4.69) is 15.2 Å². The number of rotatable bonds is 10. The van der Waals surface area contributed by atoms with Gasteiger partial charge in [-0.05, 0) is 69.2 Å². The lowest BCUT2D eigenvalue weighted by atomic mass is 9.87. The van der Waals surface area contributed by atoms with E-state index in [-0.39, 0.29) is 53.6 Å². The van der Waals surface area contributed by atoms with Crippen LogP contribution in [0.2, 0.25) is 0 Å². The number of nitrogens with zero attached hydrogens (tertiary/aromatic N) is 3. The molecule has 2 aliphatic heterocycles. The van der Waals surface area contributed by atoms with Gasteiger partial charge in [0, 0.05) is 48.4 Å². The maximum atomic E-state index is 15.8. The smallest absolute Gasteiger partial charge is 0.306 e. The number of aryl methyl sites for hydroxylation is 1. The molecule has 6 rings (SSSR count). The van der Waals surface area contributed by atoms with Gasteiger partial charge in [-0.3, -0.25) is 14.5 Å². The first-order chi connectivity index (χ1) is 21.7. The van der Waals surface area contributed by atoms with Crippen LogP contribution in [0.4, 0.5) is 20.5 Å². The van der Waals surface area contributed by atoms with Crippen molar-refractivity contribution in [2.45, 2.75) is 70.1 Å². The summed E-state index contributed by atoms with van der Waals surface area (Å²) < 4.78 is 41.5. The van der Waals surface area contributed by atoms with E-state index in [1.165, 1.54) is 12.1 Å². The summed E-state index contributed by atoms with van der Waals surface area (Å²) in [6.45, 7) is 4.95. The quantitative estimate of drug-likeness (QED) is 0.285. The number of nitrogens with one attached hydrogen (secondary N) is 1. The Morgan fingerprint density at radius 3 is 2.58 bits per heavy atom. The molecular weight excluding hydrogens is 602 g/mol. The van der Waals surface area contributed by atoms with E-state index in [1.54, 1.807) is 18.2 Å². The minimum Gasteiger partial charge on any atom is -0.481 e. The van der Waals surface area contributed by atoms with Gasteiger partial charge in [-0.2, -0.15) is 16.7 Å². The van der Waals surface area contributed by atoms with Crippen molar-refractivity contribution in [1.29, 1.82) is 0 Å². The molecule has 3 heterocycles. The van der Waals surface area contributed by atoms with E-state index in [9.17, 15) is 19.1 Å². The lowest BCUT2D eigenvalue weighted by molar-refractivity contribution is -0.144. The summed E-state index contributed by atoms with van der Waals surface area (Å²) in [5, 5.41) is 12.2. The number of hydrogen-bond acceptors (Lipinski definition) is 8. The molecule has 3 fully saturated rings. The van der Waals surface area contributed by atoms with Gasteiger partial charge >= 0.3 is 5.97 Å². The highest BCUT2D eigenvalue weighted by molar-refractivity contribution is 7.99. The van der Waals surface area contributed by atoms with Crippen LogP contribution in [0, 0.1) is 24.5 Å². The predicted octanol–water partition coefficient (Wildman–Crippen LogP) is 5.77. The van der Waals surface area contributed by atoms with Crippen molar-refractivity contribution in [3.63, 3.8) is 0 Å². The minimum absolute atomic E-state index is 0.0130. The summed E-state index contributed by atoms with van der Waals surface area (Å²) in [6.07, 6.45) is 4.13. The Kier molecular flexibility index (Phi) is 9.91. The fourth-order valence-electron chi connectivity index (χ4n) is 6.81. The number of likely N-dealkylation sites (tertiary alicyclic amines) is 1. The van der Waals surface area contributed by atoms with Crippen molar-refractivity contribution < 1.29 is 32.6 Å². The van der Waals surface area contributed by atoms with Gasteiger partial charge < -0.3 is 24.5 Å². The lowest BCUT2D eigenvalue weighted by Gasteiger charge is -2.36. The number of anilines is 2. The normalized spacial score (nSPS) is 24.3. The molecule has 1 amide bonds. The number of hydrogen-bond donors (Lipinski definition) is 2. The van der Waals surface area contributed by atoms with Gasteiger partial charge in [0.25, 0.3) is 6.01 Å². The van der Waals surface area contributed by atoms with E-state index in [4.69, 9.17) is 9.15 Å². The molecule has 0 unspecified atom stereocenters. The first-order valence-corrected chi connectivity index (χ1v) is 17.0. The summed E-state index contributed by atoms with van der Waals surface area (Å²) in [5.74, 6) is -0.114. The molecule has 1 aromatic heterocycles. The van der Waals surface area contributed by atoms with Crippen LogP contribution in [-0.2, 0) is 20.7 Å². The Balaban J connectivity index is 1.16. The van der Waals surface area contributed by atoms with Gasteiger partial charge in [0.15, 0.2) is 11.4 Å². The topological polar surface area (TPSA) is 108 Å². The maximum absolute atomic E-state index is 15.8. The van der Waals surface area contributed by atoms with Crippen LogP contribution < -0.4 is 5.32 Å². The summed E-state index contributed by atoms with van der Waals surface area (Å²) in [4.78, 5) is 34.0. The number of halogens is 2. The largest absolute Gasteiger partial charge is 0.481 e. The lowest BCUT2D eigenvalue weighted by Crippen LogP contribution is -2.50. The van der Waals surface area contributed by atoms with E-state index in [0.29, 0.717) is 43.5 Å². The summed E-state index contributed by atoms with van der Waals surface area (Å²) in [5.41, 5.74) is 1.71. The standard InChI is InChI=1S/C33H40F2N4O5S/c1-20-2-6-23(34)17-28(20)37-33-36-27-11-5-22(30(35)31(27)44-33)16-29(40)39-24(18-38-12-14-45-15-13-38)7-8-25(39)19-43-26-9-3-21(4-10-26)32(41)42/h2,5-6,11,17,21,24-26H,3-4,7-10,12-16,18-19H2,1H3,(H,36,37)(H,41,42)/t21?,24-,25-,26?/m0/s1. The molecule has 2 saturated heterocycles. The third-order valence-electron chi connectivity index (χ3n) is 9.39. The van der Waals surface area contributed by atoms with Crippen molar-refractivity contribution in [2.75, 3.05) is 43.1 Å². The molecule has 1 saturated carbocycles. The molecule has 0 bridgehead atoms. The van der Waals surface area contributed by atoms with Crippen LogP contribution in [0.5, 0.6) is 0 Å². The summed E-state index contributed by atoms with van der Waals surface area (Å²) in [6, 6.07) is 7.44. The van der Waals surface area contributed by atoms with E-state index in [1.807, 2.05) is 23.6 Å². The van der Waals surface area contributed by atoms with Crippen molar-refractivity contribution in [1.82, 2.24) is 14.8 Å². The molecule has 242 valence electrons. The number of carboxylic acids is 1. The number of benzene rings is 2. The molecule has 0 radical (unpaired) electrons. The van der Waals surface area contributed by atoms with Crippen molar-refractivity contribution in [3.05, 3.63) is 53.1 Å². The molecule has 0 spiro atoms. The van der Waals surface area contributed by atoms with Crippen molar-refractivity contribution in [2.24, 2.45) is 5.92 Å². The molecule has 12 heteroatoms. The molecule has 1 aliphatic carbocycles. The van der Waals surface area contributed by atoms with Gasteiger partial charge in [0.05, 0.1) is 31.1 Å². The van der Waals surface area contributed by atoms with Crippen LogP contribution >= 0.6 is 11.8 Å². The third-order valence-corrected chi connectivity index (χ3v) is 10.3. The fraction of sp³-hybridized carbons (Fsp3) is 0.545. The van der Waals surface area contributed by atoms with Gasteiger partial charge in [0.2, 0.25) is 5.91 Å². The number of ether oxygens (including phenoxy) is 1. The monoisotopic (exact) mass is 642 g/mol. The Morgan fingerprint density at radius 1 is 1.07 bits per heavy atom. The van der Waals surface area contributed by atoms with Crippen LogP contribution in [-0.4, -0.2) is 87.7 Å². The zero-order valence-electron chi connectivity index (χ0n) is 25.5. The number of aromatic nitrogens is 1. The van der Waals surface area contributed by atoms with Crippen molar-refractivity contribution >= 4 is 46.4 Å². The first kappa shape index (κ1) is 31.7. The van der Waals surface area contributed by atoms with Gasteiger partial charge in [-0.15, -0.1) is 0 Å². The number of thioether (sulfide) groups is 1. The van der Waals surface area contributed by atoms with Crippen LogP contribution in [0.3, 0.4) is 0 Å². The summed E-state index contributed by atoms with van der Waals surface area (Å²) in [7, 11) is 0. The maximum Gasteiger partial charge on any atom is 0.306 e. The second-order valence-corrected chi connectivity index (χ2v) is 13.6. The number of carbonyl (C=O) groups is 2. The second kappa shape index (κ2) is 14.0. The predicted molar refractivity (Wildman–Crippen MR) is 169 cm³/mol. The summed E-state index contributed by atoms with van der Waals surface area (Å²) >= 11 is 1.94. The number of oxazole rings is 1. The molecule has 2 aromatic carbocycles. The Hall–Kier alpha value is -3.22. The van der Waals surface area contributed by atoms with Gasteiger partial charge in [-0.25, -0.2) is 8.78 Å². The molecule has 3 aliphatic rings. The van der Waals surface area contributed by atoms with E-state index >= 15 is 4.39 Å². The second-order valence-electron chi connectivity index (χ2n) is 12.4. The number of fused-ring (bicyclic) bond motifs is 1. The van der Waals surface area contributed by atoms with Crippen molar-refractivity contribution in [3.8, 4) is 0 Å². The number of aliphatic carboxylic acids is 1. The Bertz CT molecular complexity index is 1520. The zero-order chi connectivity index (χ0) is 31.5. The average Bonchev–Trinajstić information content (AvgIpc) is 3.64. The van der Waals surface area contributed by atoms with E-state index < -0.39 is 17.6 Å². The van der Waals surface area contributed by atoms with Crippen LogP contribution in [0.15, 0.2) is 34.7 Å². The van der Waals surface area contributed by atoms with Crippen LogP contribution in [0.1, 0.15) is 49.7 Å². The van der Waals surface area contributed by atoms with Crippen LogP contribution in [0.25, 0.3) is 11.1 Å². The average molecular weight is 643 g/mol. The zero-order valence-corrected chi connectivity index (χ0v) is 26.3. The number of carbonyl (C=O) groups excluding carboxylic acids is 1. The SMILES string of the molecule is Cc1ccc(F)cc1Nc1nc2ccc(CC(=O)N3[C@H](COC4CCC(C(=O)O)CC4)CC[C@H]3CN3CCSCC3)c(F)c2o1. The highest BCUT2D eigenvalue weighted by atomic mass is 32.2. The third kappa shape index (κ3) is 7.44. The fourth-order valence-corrected chi connectivity index (χ4v) is 7.78. The molecule has 45 heavy (non-hydrogen) atoms. The number of carboxylic acid groups (broad SMARTS) is 1. The van der Waals surface area contributed by atoms with Gasteiger partial charge in [-0.1, -0.05) is 12.1 Å². The highest BCUT2D eigenvalue weighted by Gasteiger charge is 2.39. The Labute approximate surface area is 265 Å². The Morgan fingerprint density at radius 2 is 1.82 bits per heavy atom. The first-order valence-electron chi connectivity index (χ1n) is 15.8. The number of amides is 1. The molecule has 2 atom stereocenters. The van der Waals surface area contributed by atoms with E-state index in [0.717, 1.165) is 49.5 Å². The minimum atomic E-state index is -0.745. The molecule has 9 nitrogen and oxygen atoms in total.